The molecule has 2 aromatic carbocycles. The van der Waals surface area contributed by atoms with Crippen LogP contribution in [0, 0.1) is 0 Å². The van der Waals surface area contributed by atoms with Crippen molar-refractivity contribution >= 4 is 5.78 Å². The molecule has 0 radical (unpaired) electrons. The second-order valence-corrected chi connectivity index (χ2v) is 10.8. The van der Waals surface area contributed by atoms with Crippen LogP contribution in [0.3, 0.4) is 0 Å². The molecule has 0 atom stereocenters. The van der Waals surface area contributed by atoms with E-state index in [-0.39, 0.29) is 67.7 Å². The maximum absolute atomic E-state index is 11.0. The summed E-state index contributed by atoms with van der Waals surface area (Å²) in [6.45, 7) is 14.3. The molecule has 0 bridgehead atoms. The number of hydrogen-bond acceptors (Lipinski definition) is 7. The van der Waals surface area contributed by atoms with Crippen molar-refractivity contribution in [1.82, 2.24) is 20.0 Å². The summed E-state index contributed by atoms with van der Waals surface area (Å²) in [6, 6.07) is 22.0. The van der Waals surface area contributed by atoms with Crippen LogP contribution in [0.15, 0.2) is 60.7 Å². The molecule has 0 amide bonds. The minimum Gasteiger partial charge on any atom is -1.00 e. The Morgan fingerprint density at radius 3 is 1.55 bits per heavy atom. The molecule has 1 N–H and O–H groups in total. The van der Waals surface area contributed by atoms with Gasteiger partial charge in [0.05, 0.1) is 26.4 Å². The molecule has 0 saturated carbocycles. The maximum Gasteiger partial charge on any atom is 1.00 e. The van der Waals surface area contributed by atoms with Crippen molar-refractivity contribution in [3.8, 4) is 0 Å². The number of nitrogens with one attached hydrogen (secondary N) is 1. The maximum atomic E-state index is 11.0. The Hall–Kier alpha value is -0.494. The van der Waals surface area contributed by atoms with Crippen molar-refractivity contribution in [3.63, 3.8) is 0 Å². The van der Waals surface area contributed by atoms with Gasteiger partial charge in [0.1, 0.15) is 5.78 Å². The van der Waals surface area contributed by atoms with Crippen LogP contribution in [-0.2, 0) is 27.4 Å². The second kappa shape index (κ2) is 23.8. The number of ketones is 1. The van der Waals surface area contributed by atoms with Crippen LogP contribution >= 0.6 is 0 Å². The fraction of sp³-hybridized carbons (Fsp3) is 0.618. The van der Waals surface area contributed by atoms with Gasteiger partial charge >= 0.3 is 51.4 Å². The predicted octanol–water partition coefficient (Wildman–Crippen LogP) is 1.83. The molecule has 0 aromatic heterocycles. The molecule has 7 nitrogen and oxygen atoms in total. The minimum atomic E-state index is 0. The van der Waals surface area contributed by atoms with E-state index >= 15 is 0 Å². The number of likely N-dealkylation sites (tertiary alicyclic amines) is 2. The summed E-state index contributed by atoms with van der Waals surface area (Å²) in [6.07, 6.45) is 4.08. The van der Waals surface area contributed by atoms with Crippen molar-refractivity contribution in [1.29, 1.82) is 0 Å². The van der Waals surface area contributed by atoms with E-state index in [1.807, 2.05) is 6.07 Å². The Morgan fingerprint density at radius 2 is 1.12 bits per heavy atom. The first-order valence-corrected chi connectivity index (χ1v) is 14.9. The molecule has 4 aliphatic heterocycles. The third-order valence-electron chi connectivity index (χ3n) is 7.88. The third-order valence-corrected chi connectivity index (χ3v) is 7.88. The second-order valence-electron chi connectivity index (χ2n) is 10.8. The molecular formula is C34H57KN4O3. The van der Waals surface area contributed by atoms with Crippen molar-refractivity contribution < 1.29 is 67.1 Å². The standard InChI is InChI=1S/C16H24N2O.C12H15NO.C4H9NO.2CH4.K.H/c1-2-4-15(5-3-1)14-17-8-6-16(7-9-17)18-10-12-19-13-11-18;14-12-6-8-13(9-7-12)10-11-4-2-1-3-5-11;1-3-6-4-2-5-1;;;;/h1-5,16H,6-14H2;1-5H,6-10H2;5H,1-4H2;2*1H4;;/q;;;;;+1;-1. The van der Waals surface area contributed by atoms with Crippen LogP contribution in [-0.4, -0.2) is 105 Å². The smallest absolute Gasteiger partial charge is 1.00 e. The Labute approximate surface area is 300 Å². The average molecular weight is 609 g/mol. The van der Waals surface area contributed by atoms with Gasteiger partial charge in [-0.1, -0.05) is 75.5 Å². The quantitative estimate of drug-likeness (QED) is 0.520. The van der Waals surface area contributed by atoms with Gasteiger partial charge in [-0.05, 0) is 37.1 Å². The van der Waals surface area contributed by atoms with Crippen LogP contribution in [0.25, 0.3) is 0 Å². The van der Waals surface area contributed by atoms with Gasteiger partial charge in [0, 0.05) is 71.2 Å². The van der Waals surface area contributed by atoms with Crippen LogP contribution in [0.4, 0.5) is 0 Å². The first-order valence-electron chi connectivity index (χ1n) is 14.9. The number of carbonyl (C=O) groups excluding carboxylic acids is 1. The van der Waals surface area contributed by atoms with Gasteiger partial charge in [-0.15, -0.1) is 0 Å². The monoisotopic (exact) mass is 608 g/mol. The fourth-order valence-electron chi connectivity index (χ4n) is 5.54. The van der Waals surface area contributed by atoms with Gasteiger partial charge in [0.15, 0.2) is 0 Å². The number of benzene rings is 2. The summed E-state index contributed by atoms with van der Waals surface area (Å²) in [7, 11) is 0. The number of morpholine rings is 2. The summed E-state index contributed by atoms with van der Waals surface area (Å²) in [5.74, 6) is 0.411. The van der Waals surface area contributed by atoms with E-state index in [0.717, 1.165) is 97.7 Å². The Bertz CT molecular complexity index is 904. The summed E-state index contributed by atoms with van der Waals surface area (Å²) < 4.78 is 10.4. The first-order chi connectivity index (χ1) is 19.3. The molecule has 0 aliphatic carbocycles. The van der Waals surface area contributed by atoms with E-state index in [9.17, 15) is 4.79 Å². The molecule has 0 spiro atoms. The van der Waals surface area contributed by atoms with E-state index < -0.39 is 0 Å². The van der Waals surface area contributed by atoms with Gasteiger partial charge in [0.25, 0.3) is 0 Å². The summed E-state index contributed by atoms with van der Waals surface area (Å²) in [4.78, 5) is 18.6. The first kappa shape index (κ1) is 39.5. The number of piperidine rings is 2. The number of hydrogen-bond donors (Lipinski definition) is 1. The molecule has 232 valence electrons. The number of rotatable bonds is 5. The zero-order valence-corrected chi connectivity index (χ0v) is 27.8. The predicted molar refractivity (Wildman–Crippen MR) is 171 cm³/mol. The zero-order chi connectivity index (χ0) is 27.0. The zero-order valence-electron chi connectivity index (χ0n) is 25.6. The summed E-state index contributed by atoms with van der Waals surface area (Å²) in [5.41, 5.74) is 2.77. The molecule has 42 heavy (non-hydrogen) atoms. The summed E-state index contributed by atoms with van der Waals surface area (Å²) >= 11 is 0. The van der Waals surface area contributed by atoms with Crippen LogP contribution in [0.5, 0.6) is 0 Å². The Balaban J connectivity index is 0.000000653. The fourth-order valence-corrected chi connectivity index (χ4v) is 5.54. The molecule has 0 unspecified atom stereocenters. The minimum absolute atomic E-state index is 0. The Kier molecular flexibility index (Phi) is 22.4. The molecule has 4 saturated heterocycles. The average Bonchev–Trinajstić information content (AvgIpc) is 3.02. The van der Waals surface area contributed by atoms with E-state index in [2.05, 4.69) is 74.6 Å². The molecule has 4 fully saturated rings. The van der Waals surface area contributed by atoms with Crippen molar-refractivity contribution in [2.24, 2.45) is 0 Å². The molecule has 4 aliphatic rings. The van der Waals surface area contributed by atoms with Gasteiger partial charge in [-0.2, -0.15) is 0 Å². The van der Waals surface area contributed by atoms with E-state index in [1.165, 1.54) is 37.1 Å². The van der Waals surface area contributed by atoms with E-state index in [4.69, 9.17) is 9.47 Å². The van der Waals surface area contributed by atoms with Crippen LogP contribution in [0.1, 0.15) is 53.1 Å². The topological polar surface area (TPSA) is 57.3 Å². The van der Waals surface area contributed by atoms with Gasteiger partial charge in [-0.25, -0.2) is 0 Å². The number of Topliss-reactive ketones (excluding diaryl/α,β-unsaturated/α-hetero) is 1. The number of ether oxygens (including phenoxy) is 2. The van der Waals surface area contributed by atoms with Gasteiger partial charge < -0.3 is 16.2 Å². The molecule has 4 heterocycles. The third kappa shape index (κ3) is 15.5. The van der Waals surface area contributed by atoms with E-state index in [1.54, 1.807) is 0 Å². The molecule has 2 aromatic rings. The SMILES string of the molecule is C.C.C1COCCN1.O=C1CCN(Cc2ccccc2)CC1.[H-].[K+].c1ccc(CN2CCC(N3CCOCC3)CC2)cc1. The molecular weight excluding hydrogens is 551 g/mol. The van der Waals surface area contributed by atoms with Crippen LogP contribution in [0.2, 0.25) is 0 Å². The van der Waals surface area contributed by atoms with Gasteiger partial charge in [-0.3, -0.25) is 19.5 Å². The van der Waals surface area contributed by atoms with Crippen molar-refractivity contribution in [2.75, 3.05) is 78.8 Å². The largest absolute Gasteiger partial charge is 1.00 e. The number of carbonyl (C=O) groups is 1. The van der Waals surface area contributed by atoms with E-state index in [0.29, 0.717) is 5.78 Å². The van der Waals surface area contributed by atoms with Crippen LogP contribution < -0.4 is 56.7 Å². The molecule has 8 heteroatoms. The van der Waals surface area contributed by atoms with Crippen molar-refractivity contribution in [3.05, 3.63) is 71.8 Å². The van der Waals surface area contributed by atoms with Gasteiger partial charge in [0.2, 0.25) is 0 Å². The normalized spacial score (nSPS) is 20.2. The van der Waals surface area contributed by atoms with Crippen molar-refractivity contribution in [2.45, 2.75) is 59.7 Å². The Morgan fingerprint density at radius 1 is 0.667 bits per heavy atom. The summed E-state index contributed by atoms with van der Waals surface area (Å²) in [5, 5.41) is 3.16. The molecule has 6 rings (SSSR count). The number of nitrogens with zero attached hydrogens (tertiary/aromatic N) is 3.